The molecule has 0 bridgehead atoms. The Labute approximate surface area is 109 Å². The summed E-state index contributed by atoms with van der Waals surface area (Å²) in [5, 5.41) is 12.0. The molecule has 0 atom stereocenters. The number of benzene rings is 1. The Morgan fingerprint density at radius 1 is 1.35 bits per heavy atom. The molecule has 92 valence electrons. The second-order valence-corrected chi connectivity index (χ2v) is 5.51. The average Bonchev–Trinajstić information content (AvgIpc) is 2.26. The van der Waals surface area contributed by atoms with Crippen LogP contribution >= 0.6 is 15.9 Å². The third-order valence-electron chi connectivity index (χ3n) is 3.08. The van der Waals surface area contributed by atoms with Gasteiger partial charge < -0.3 is 10.4 Å². The molecular formula is C13H16BrNO2. The topological polar surface area (TPSA) is 49.3 Å². The predicted molar refractivity (Wildman–Crippen MR) is 69.6 cm³/mol. The molecule has 0 saturated heterocycles. The number of carbonyl (C=O) groups excluding carboxylic acids is 1. The lowest BCUT2D eigenvalue weighted by atomic mass is 9.82. The van der Waals surface area contributed by atoms with Gasteiger partial charge >= 0.3 is 0 Å². The van der Waals surface area contributed by atoms with E-state index >= 15 is 0 Å². The van der Waals surface area contributed by atoms with Gasteiger partial charge in [0.25, 0.3) is 0 Å². The minimum absolute atomic E-state index is 0.0497. The van der Waals surface area contributed by atoms with Crippen LogP contribution in [0.1, 0.15) is 18.4 Å². The number of amides is 1. The Morgan fingerprint density at radius 2 is 2.00 bits per heavy atom. The van der Waals surface area contributed by atoms with Crippen LogP contribution in [-0.4, -0.2) is 23.7 Å². The fourth-order valence-electron chi connectivity index (χ4n) is 1.98. The molecule has 0 radical (unpaired) electrons. The van der Waals surface area contributed by atoms with E-state index in [2.05, 4.69) is 21.2 Å². The van der Waals surface area contributed by atoms with Crippen LogP contribution < -0.4 is 5.32 Å². The van der Waals surface area contributed by atoms with E-state index in [1.54, 1.807) is 0 Å². The first kappa shape index (κ1) is 12.6. The van der Waals surface area contributed by atoms with Crippen LogP contribution in [0, 0.1) is 5.92 Å². The highest BCUT2D eigenvalue weighted by Gasteiger charge is 2.26. The second kappa shape index (κ2) is 5.65. The molecule has 1 saturated carbocycles. The zero-order valence-electron chi connectivity index (χ0n) is 9.53. The van der Waals surface area contributed by atoms with E-state index in [4.69, 9.17) is 5.11 Å². The van der Waals surface area contributed by atoms with Gasteiger partial charge in [0, 0.05) is 11.0 Å². The number of aliphatic hydroxyl groups excluding tert-OH is 1. The van der Waals surface area contributed by atoms with Crippen molar-refractivity contribution >= 4 is 21.8 Å². The summed E-state index contributed by atoms with van der Waals surface area (Å²) in [6.45, 7) is 0.687. The highest BCUT2D eigenvalue weighted by atomic mass is 79.9. The van der Waals surface area contributed by atoms with Gasteiger partial charge in [-0.25, -0.2) is 0 Å². The van der Waals surface area contributed by atoms with Crippen LogP contribution in [0.4, 0.5) is 0 Å². The largest absolute Gasteiger partial charge is 0.393 e. The third-order valence-corrected chi connectivity index (χ3v) is 3.61. The van der Waals surface area contributed by atoms with Crippen LogP contribution in [0.15, 0.2) is 28.7 Å². The number of hydrogen-bond acceptors (Lipinski definition) is 2. The van der Waals surface area contributed by atoms with Crippen LogP contribution in [0.2, 0.25) is 0 Å². The molecule has 0 spiro atoms. The highest BCUT2D eigenvalue weighted by Crippen LogP contribution is 2.26. The number of nitrogens with one attached hydrogen (secondary N) is 1. The fraction of sp³-hybridized carbons (Fsp3) is 0.462. The normalized spacial score (nSPS) is 22.9. The van der Waals surface area contributed by atoms with Crippen molar-refractivity contribution in [2.24, 2.45) is 5.92 Å². The number of carbonyl (C=O) groups is 1. The number of aliphatic hydroxyl groups is 1. The molecule has 1 aromatic rings. The zero-order chi connectivity index (χ0) is 12.3. The minimum atomic E-state index is -0.150. The number of rotatable bonds is 4. The standard InChI is InChI=1S/C13H16BrNO2/c14-11-3-1-9(2-4-11)7-13(17)15-8-10-5-12(16)6-10/h1-4,10,12,16H,5-8H2,(H,15,17). The molecule has 0 unspecified atom stereocenters. The van der Waals surface area contributed by atoms with Gasteiger partial charge in [0.05, 0.1) is 12.5 Å². The Balaban J connectivity index is 1.71. The highest BCUT2D eigenvalue weighted by molar-refractivity contribution is 9.10. The van der Waals surface area contributed by atoms with Crippen molar-refractivity contribution in [3.05, 3.63) is 34.3 Å². The van der Waals surface area contributed by atoms with Crippen LogP contribution in [0.5, 0.6) is 0 Å². The summed E-state index contributed by atoms with van der Waals surface area (Å²) in [5.41, 5.74) is 1.01. The van der Waals surface area contributed by atoms with Crippen molar-refractivity contribution in [2.45, 2.75) is 25.4 Å². The van der Waals surface area contributed by atoms with Crippen molar-refractivity contribution in [3.8, 4) is 0 Å². The van der Waals surface area contributed by atoms with Crippen LogP contribution in [-0.2, 0) is 11.2 Å². The molecule has 1 aliphatic carbocycles. The molecule has 1 aliphatic rings. The van der Waals surface area contributed by atoms with Crippen molar-refractivity contribution in [3.63, 3.8) is 0 Å². The Kier molecular flexibility index (Phi) is 4.18. The van der Waals surface area contributed by atoms with E-state index in [1.165, 1.54) is 0 Å². The Morgan fingerprint density at radius 3 is 2.59 bits per heavy atom. The molecule has 2 N–H and O–H groups in total. The summed E-state index contributed by atoms with van der Waals surface area (Å²) in [6, 6.07) is 7.75. The van der Waals surface area contributed by atoms with E-state index in [0.29, 0.717) is 18.9 Å². The molecule has 17 heavy (non-hydrogen) atoms. The third kappa shape index (κ3) is 3.82. The summed E-state index contributed by atoms with van der Waals surface area (Å²) in [6.07, 6.45) is 1.91. The quantitative estimate of drug-likeness (QED) is 0.891. The lowest BCUT2D eigenvalue weighted by molar-refractivity contribution is -0.121. The second-order valence-electron chi connectivity index (χ2n) is 4.60. The van der Waals surface area contributed by atoms with Crippen molar-refractivity contribution in [1.82, 2.24) is 5.32 Å². The summed E-state index contributed by atoms with van der Waals surface area (Å²) in [7, 11) is 0. The van der Waals surface area contributed by atoms with Crippen LogP contribution in [0.3, 0.4) is 0 Å². The van der Waals surface area contributed by atoms with Gasteiger partial charge in [0.1, 0.15) is 0 Å². The van der Waals surface area contributed by atoms with E-state index < -0.39 is 0 Å². The van der Waals surface area contributed by atoms with Gasteiger partial charge in [0.15, 0.2) is 0 Å². The molecule has 0 heterocycles. The first-order chi connectivity index (χ1) is 8.13. The molecule has 3 nitrogen and oxygen atoms in total. The van der Waals surface area contributed by atoms with Crippen molar-refractivity contribution in [1.29, 1.82) is 0 Å². The van der Waals surface area contributed by atoms with Gasteiger partial charge in [-0.2, -0.15) is 0 Å². The Hall–Kier alpha value is -0.870. The first-order valence-electron chi connectivity index (χ1n) is 5.82. The maximum Gasteiger partial charge on any atom is 0.224 e. The van der Waals surface area contributed by atoms with Gasteiger partial charge in [0.2, 0.25) is 5.91 Å². The van der Waals surface area contributed by atoms with Crippen molar-refractivity contribution < 1.29 is 9.90 Å². The summed E-state index contributed by atoms with van der Waals surface area (Å²) >= 11 is 3.36. The maximum atomic E-state index is 11.6. The smallest absolute Gasteiger partial charge is 0.224 e. The first-order valence-corrected chi connectivity index (χ1v) is 6.62. The zero-order valence-corrected chi connectivity index (χ0v) is 11.1. The molecule has 4 heteroatoms. The van der Waals surface area contributed by atoms with Gasteiger partial charge in [-0.1, -0.05) is 28.1 Å². The molecule has 1 amide bonds. The van der Waals surface area contributed by atoms with E-state index in [0.717, 1.165) is 22.9 Å². The maximum absolute atomic E-state index is 11.6. The summed E-state index contributed by atoms with van der Waals surface area (Å²) in [4.78, 5) is 11.6. The van der Waals surface area contributed by atoms with Crippen molar-refractivity contribution in [2.75, 3.05) is 6.54 Å². The Bertz CT molecular complexity index is 385. The monoisotopic (exact) mass is 297 g/mol. The van der Waals surface area contributed by atoms with Gasteiger partial charge in [-0.05, 0) is 36.5 Å². The number of hydrogen-bond donors (Lipinski definition) is 2. The number of halogens is 1. The molecule has 1 fully saturated rings. The predicted octanol–water partition coefficient (Wildman–Crippen LogP) is 1.88. The summed E-state index contributed by atoms with van der Waals surface area (Å²) < 4.78 is 1.02. The van der Waals surface area contributed by atoms with Crippen LogP contribution in [0.25, 0.3) is 0 Å². The molecule has 1 aromatic carbocycles. The SMILES string of the molecule is O=C(Cc1ccc(Br)cc1)NCC1CC(O)C1. The molecule has 0 aliphatic heterocycles. The minimum Gasteiger partial charge on any atom is -0.393 e. The van der Waals surface area contributed by atoms with E-state index in [1.807, 2.05) is 24.3 Å². The fourth-order valence-corrected chi connectivity index (χ4v) is 2.24. The molecule has 0 aromatic heterocycles. The lowest BCUT2D eigenvalue weighted by Gasteiger charge is -2.31. The lowest BCUT2D eigenvalue weighted by Crippen LogP contribution is -2.38. The summed E-state index contributed by atoms with van der Waals surface area (Å²) in [5.74, 6) is 0.507. The van der Waals surface area contributed by atoms with Gasteiger partial charge in [-0.3, -0.25) is 4.79 Å². The van der Waals surface area contributed by atoms with Gasteiger partial charge in [-0.15, -0.1) is 0 Å². The molecular weight excluding hydrogens is 282 g/mol. The van der Waals surface area contributed by atoms with E-state index in [9.17, 15) is 4.79 Å². The van der Waals surface area contributed by atoms with E-state index in [-0.39, 0.29) is 12.0 Å². The molecule has 2 rings (SSSR count). The average molecular weight is 298 g/mol.